The van der Waals surface area contributed by atoms with E-state index in [4.69, 9.17) is 0 Å². The van der Waals surface area contributed by atoms with Crippen LogP contribution in [0.2, 0.25) is 0 Å². The molecule has 0 spiro atoms. The summed E-state index contributed by atoms with van der Waals surface area (Å²) in [5, 5.41) is 16.8. The molecule has 4 amide bonds. The average molecular weight is 274 g/mol. The maximum atomic E-state index is 11.8. The van der Waals surface area contributed by atoms with Crippen molar-refractivity contribution < 1.29 is 19.5 Å². The molecule has 2 saturated heterocycles. The van der Waals surface area contributed by atoms with Gasteiger partial charge in [-0.3, -0.25) is 4.90 Å². The molecule has 0 radical (unpaired) electrons. The predicted molar refractivity (Wildman–Crippen MR) is 64.0 cm³/mol. The minimum Gasteiger partial charge on any atom is -0.480 e. The van der Waals surface area contributed by atoms with E-state index >= 15 is 0 Å². The van der Waals surface area contributed by atoms with Crippen molar-refractivity contribution in [2.75, 3.05) is 12.0 Å². The van der Waals surface area contributed by atoms with Gasteiger partial charge in [0, 0.05) is 0 Å². The number of nitrogens with one attached hydrogen (secondary N) is 3. The van der Waals surface area contributed by atoms with Crippen LogP contribution >= 0.6 is 11.8 Å². The fourth-order valence-corrected chi connectivity index (χ4v) is 2.56. The number of hydrogen-bond donors (Lipinski definition) is 4. The third kappa shape index (κ3) is 2.17. The number of amides is 4. The van der Waals surface area contributed by atoms with Crippen LogP contribution in [0.25, 0.3) is 0 Å². The first kappa shape index (κ1) is 12.8. The summed E-state index contributed by atoms with van der Waals surface area (Å²) < 4.78 is 0. The first-order valence-electron chi connectivity index (χ1n) is 5.42. The van der Waals surface area contributed by atoms with E-state index in [9.17, 15) is 19.5 Å². The molecular weight excluding hydrogens is 260 g/mol. The Morgan fingerprint density at radius 2 is 2.17 bits per heavy atom. The van der Waals surface area contributed by atoms with Gasteiger partial charge in [0.2, 0.25) is 0 Å². The normalized spacial score (nSPS) is 27.3. The molecule has 0 aromatic heterocycles. The van der Waals surface area contributed by atoms with Crippen LogP contribution in [-0.2, 0) is 4.79 Å². The molecule has 3 atom stereocenters. The van der Waals surface area contributed by atoms with Crippen LogP contribution in [0.4, 0.5) is 9.59 Å². The largest absolute Gasteiger partial charge is 0.480 e. The van der Waals surface area contributed by atoms with Crippen molar-refractivity contribution in [2.24, 2.45) is 0 Å². The van der Waals surface area contributed by atoms with E-state index in [0.29, 0.717) is 12.2 Å². The number of rotatable bonds is 5. The second-order valence-corrected chi connectivity index (χ2v) is 5.02. The van der Waals surface area contributed by atoms with E-state index < -0.39 is 36.4 Å². The Kier molecular flexibility index (Phi) is 3.50. The quantitative estimate of drug-likeness (QED) is 0.523. The first-order valence-corrected chi connectivity index (χ1v) is 6.81. The van der Waals surface area contributed by atoms with Crippen LogP contribution in [-0.4, -0.2) is 58.4 Å². The van der Waals surface area contributed by atoms with Crippen molar-refractivity contribution in [3.63, 3.8) is 0 Å². The number of aliphatic carboxylic acids is 1. The Morgan fingerprint density at radius 1 is 1.44 bits per heavy atom. The number of carbonyl (C=O) groups is 3. The van der Waals surface area contributed by atoms with Gasteiger partial charge < -0.3 is 21.1 Å². The molecule has 0 aromatic carbocycles. The molecule has 2 fully saturated rings. The molecular formula is C9H14N4O4S. The summed E-state index contributed by atoms with van der Waals surface area (Å²) in [6.45, 7) is 0. The lowest BCUT2D eigenvalue weighted by atomic mass is 10.2. The highest BCUT2D eigenvalue weighted by atomic mass is 32.2. The highest BCUT2D eigenvalue weighted by molar-refractivity contribution is 7.98. The Morgan fingerprint density at radius 3 is 2.78 bits per heavy atom. The standard InChI is InChI=1S/C9H14N4O4S/c1-18-3-2-4(7(14)15)13-6-5(11-9(13)17)10-8(16)12-6/h4-6H,2-3H2,1H3,(H,11,17)(H,14,15)(H2,10,12,16)/t4-,5-,6+/m1/s1. The van der Waals surface area contributed by atoms with E-state index in [1.165, 1.54) is 16.7 Å². The van der Waals surface area contributed by atoms with Crippen LogP contribution in [0, 0.1) is 0 Å². The number of nitrogens with zero attached hydrogens (tertiary/aromatic N) is 1. The molecule has 18 heavy (non-hydrogen) atoms. The summed E-state index contributed by atoms with van der Waals surface area (Å²) in [4.78, 5) is 35.3. The van der Waals surface area contributed by atoms with Crippen molar-refractivity contribution in [3.05, 3.63) is 0 Å². The van der Waals surface area contributed by atoms with E-state index in [1.807, 2.05) is 6.26 Å². The van der Waals surface area contributed by atoms with Gasteiger partial charge in [-0.05, 0) is 18.4 Å². The molecule has 2 rings (SSSR count). The van der Waals surface area contributed by atoms with Gasteiger partial charge in [0.25, 0.3) is 0 Å². The summed E-state index contributed by atoms with van der Waals surface area (Å²) in [6.07, 6.45) is 0.988. The van der Waals surface area contributed by atoms with Crippen LogP contribution in [0.3, 0.4) is 0 Å². The molecule has 9 heteroatoms. The molecule has 2 heterocycles. The molecule has 0 aliphatic carbocycles. The number of thioether (sulfide) groups is 1. The maximum Gasteiger partial charge on any atom is 0.326 e. The highest BCUT2D eigenvalue weighted by Gasteiger charge is 2.49. The lowest BCUT2D eigenvalue weighted by Crippen LogP contribution is -2.52. The Balaban J connectivity index is 2.15. The molecule has 0 saturated carbocycles. The van der Waals surface area contributed by atoms with Crippen LogP contribution in [0.15, 0.2) is 0 Å². The van der Waals surface area contributed by atoms with Crippen molar-refractivity contribution in [2.45, 2.75) is 24.8 Å². The Labute approximate surface area is 107 Å². The smallest absolute Gasteiger partial charge is 0.326 e. The maximum absolute atomic E-state index is 11.8. The second-order valence-electron chi connectivity index (χ2n) is 4.03. The van der Waals surface area contributed by atoms with E-state index in [0.717, 1.165) is 0 Å². The Hall–Kier alpha value is -1.64. The molecule has 0 bridgehead atoms. The summed E-state index contributed by atoms with van der Waals surface area (Å²) in [7, 11) is 0. The number of hydrogen-bond acceptors (Lipinski definition) is 4. The number of fused-ring (bicyclic) bond motifs is 1. The first-order chi connectivity index (χ1) is 8.54. The van der Waals surface area contributed by atoms with Crippen LogP contribution in [0.5, 0.6) is 0 Å². The van der Waals surface area contributed by atoms with Gasteiger partial charge in [-0.15, -0.1) is 0 Å². The molecule has 0 aromatic rings. The summed E-state index contributed by atoms with van der Waals surface area (Å²) >= 11 is 1.51. The van der Waals surface area contributed by atoms with Crippen LogP contribution < -0.4 is 16.0 Å². The summed E-state index contributed by atoms with van der Waals surface area (Å²) in [5.74, 6) is -0.444. The Bertz CT molecular complexity index is 391. The van der Waals surface area contributed by atoms with E-state index in [2.05, 4.69) is 16.0 Å². The lowest BCUT2D eigenvalue weighted by Gasteiger charge is -2.27. The molecule has 2 aliphatic rings. The summed E-state index contributed by atoms with van der Waals surface area (Å²) in [6, 6.07) is -1.83. The average Bonchev–Trinajstić information content (AvgIpc) is 2.76. The minimum absolute atomic E-state index is 0.336. The van der Waals surface area contributed by atoms with Gasteiger partial charge in [0.15, 0.2) is 0 Å². The molecule has 100 valence electrons. The van der Waals surface area contributed by atoms with Crippen molar-refractivity contribution in [1.82, 2.24) is 20.9 Å². The number of carboxylic acids is 1. The van der Waals surface area contributed by atoms with Crippen molar-refractivity contribution in [3.8, 4) is 0 Å². The van der Waals surface area contributed by atoms with Gasteiger partial charge >= 0.3 is 18.0 Å². The second kappa shape index (κ2) is 4.92. The monoisotopic (exact) mass is 274 g/mol. The van der Waals surface area contributed by atoms with Crippen LogP contribution in [0.1, 0.15) is 6.42 Å². The fraction of sp³-hybridized carbons (Fsp3) is 0.667. The molecule has 0 unspecified atom stereocenters. The molecule has 8 nitrogen and oxygen atoms in total. The van der Waals surface area contributed by atoms with E-state index in [-0.39, 0.29) is 0 Å². The van der Waals surface area contributed by atoms with Crippen molar-refractivity contribution in [1.29, 1.82) is 0 Å². The topological polar surface area (TPSA) is 111 Å². The fourth-order valence-electron chi connectivity index (χ4n) is 2.10. The molecule has 4 N–H and O–H groups in total. The van der Waals surface area contributed by atoms with Gasteiger partial charge in [-0.2, -0.15) is 11.8 Å². The van der Waals surface area contributed by atoms with E-state index in [1.54, 1.807) is 0 Å². The van der Waals surface area contributed by atoms with Crippen molar-refractivity contribution >= 4 is 29.8 Å². The van der Waals surface area contributed by atoms with Gasteiger partial charge in [-0.1, -0.05) is 0 Å². The summed E-state index contributed by atoms with van der Waals surface area (Å²) in [5.41, 5.74) is 0. The minimum atomic E-state index is -1.07. The zero-order valence-corrected chi connectivity index (χ0v) is 10.5. The third-order valence-electron chi connectivity index (χ3n) is 2.91. The van der Waals surface area contributed by atoms with Gasteiger partial charge in [-0.25, -0.2) is 14.4 Å². The SMILES string of the molecule is CSCC[C@H](C(=O)O)N1C(=O)N[C@H]2NC(=O)N[C@H]21. The number of urea groups is 2. The van der Waals surface area contributed by atoms with Gasteiger partial charge in [0.05, 0.1) is 0 Å². The highest BCUT2D eigenvalue weighted by Crippen LogP contribution is 2.20. The molecule has 2 aliphatic heterocycles. The third-order valence-corrected chi connectivity index (χ3v) is 3.55. The zero-order valence-electron chi connectivity index (χ0n) is 9.67. The lowest BCUT2D eigenvalue weighted by molar-refractivity contribution is -0.142. The van der Waals surface area contributed by atoms with Gasteiger partial charge in [0.1, 0.15) is 18.4 Å². The number of carboxylic acid groups (broad SMARTS) is 1. The number of carbonyl (C=O) groups excluding carboxylic acids is 2. The predicted octanol–water partition coefficient (Wildman–Crippen LogP) is -0.817. The zero-order chi connectivity index (χ0) is 13.3.